The van der Waals surface area contributed by atoms with E-state index in [1.807, 2.05) is 32.0 Å². The van der Waals surface area contributed by atoms with Crippen LogP contribution in [-0.4, -0.2) is 11.9 Å². The maximum absolute atomic E-state index is 5.91. The summed E-state index contributed by atoms with van der Waals surface area (Å²) in [4.78, 5) is 0. The van der Waals surface area contributed by atoms with Crippen molar-refractivity contribution >= 4 is 0 Å². The summed E-state index contributed by atoms with van der Waals surface area (Å²) < 4.78 is 11.6. The Kier molecular flexibility index (Phi) is 2.81. The molecule has 82 valence electrons. The Balaban J connectivity index is 2.17. The molecule has 1 aliphatic rings. The van der Waals surface area contributed by atoms with Crippen LogP contribution in [0, 0.1) is 0 Å². The van der Waals surface area contributed by atoms with E-state index in [4.69, 9.17) is 9.47 Å². The van der Waals surface area contributed by atoms with Gasteiger partial charge in [0.25, 0.3) is 0 Å². The van der Waals surface area contributed by atoms with Gasteiger partial charge in [0.2, 0.25) is 0 Å². The van der Waals surface area contributed by atoms with Crippen molar-refractivity contribution in [3.8, 4) is 0 Å². The van der Waals surface area contributed by atoms with Crippen LogP contribution < -0.4 is 0 Å². The second kappa shape index (κ2) is 3.95. The summed E-state index contributed by atoms with van der Waals surface area (Å²) in [6, 6.07) is 10.3. The lowest BCUT2D eigenvalue weighted by atomic mass is 10.0. The first-order valence-electron chi connectivity index (χ1n) is 5.47. The summed E-state index contributed by atoms with van der Waals surface area (Å²) >= 11 is 0. The average Bonchev–Trinajstić information content (AvgIpc) is 2.16. The van der Waals surface area contributed by atoms with Gasteiger partial charge in [-0.1, -0.05) is 30.3 Å². The van der Waals surface area contributed by atoms with Crippen molar-refractivity contribution in [1.29, 1.82) is 0 Å². The highest BCUT2D eigenvalue weighted by molar-refractivity contribution is 5.18. The van der Waals surface area contributed by atoms with Crippen molar-refractivity contribution in [2.45, 2.75) is 45.2 Å². The van der Waals surface area contributed by atoms with Gasteiger partial charge in [-0.25, -0.2) is 0 Å². The molecule has 0 N–H and O–H groups in total. The van der Waals surface area contributed by atoms with E-state index in [1.165, 1.54) is 5.56 Å². The summed E-state index contributed by atoms with van der Waals surface area (Å²) in [6.45, 7) is 6.04. The van der Waals surface area contributed by atoms with Gasteiger partial charge < -0.3 is 9.47 Å². The Morgan fingerprint density at radius 3 is 2.40 bits per heavy atom. The molecule has 2 atom stereocenters. The van der Waals surface area contributed by atoms with Gasteiger partial charge in [0, 0.05) is 6.42 Å². The van der Waals surface area contributed by atoms with Crippen LogP contribution in [0.5, 0.6) is 0 Å². The van der Waals surface area contributed by atoms with Crippen LogP contribution in [0.1, 0.15) is 38.9 Å². The molecular weight excluding hydrogens is 188 g/mol. The molecule has 0 spiro atoms. The van der Waals surface area contributed by atoms with Gasteiger partial charge >= 0.3 is 0 Å². The highest BCUT2D eigenvalue weighted by Gasteiger charge is 2.33. The quantitative estimate of drug-likeness (QED) is 0.702. The minimum atomic E-state index is -0.474. The lowest BCUT2D eigenvalue weighted by Gasteiger charge is -2.39. The minimum Gasteiger partial charge on any atom is -0.347 e. The van der Waals surface area contributed by atoms with Gasteiger partial charge in [-0.3, -0.25) is 0 Å². The Labute approximate surface area is 91.2 Å². The zero-order valence-electron chi connectivity index (χ0n) is 9.57. The van der Waals surface area contributed by atoms with Crippen molar-refractivity contribution in [1.82, 2.24) is 0 Å². The van der Waals surface area contributed by atoms with Crippen molar-refractivity contribution in [2.24, 2.45) is 0 Å². The SMILES string of the molecule is C[C@@H]1C[C@@H](c2ccccc2)OC(C)(C)O1. The van der Waals surface area contributed by atoms with Crippen LogP contribution in [0.25, 0.3) is 0 Å². The van der Waals surface area contributed by atoms with E-state index in [9.17, 15) is 0 Å². The zero-order valence-corrected chi connectivity index (χ0v) is 9.57. The summed E-state index contributed by atoms with van der Waals surface area (Å²) in [5, 5.41) is 0. The summed E-state index contributed by atoms with van der Waals surface area (Å²) in [5.41, 5.74) is 1.24. The Bertz CT molecular complexity index is 319. The zero-order chi connectivity index (χ0) is 10.9. The second-order valence-electron chi connectivity index (χ2n) is 4.58. The molecule has 0 aromatic heterocycles. The maximum Gasteiger partial charge on any atom is 0.163 e. The molecule has 2 heteroatoms. The standard InChI is InChI=1S/C13H18O2/c1-10-9-12(15-13(2,3)14-10)11-7-5-4-6-8-11/h4-8,10,12H,9H2,1-3H3/t10-,12+/m1/s1. The molecule has 1 aromatic rings. The van der Waals surface area contributed by atoms with E-state index in [-0.39, 0.29) is 12.2 Å². The van der Waals surface area contributed by atoms with Crippen LogP contribution in [0.4, 0.5) is 0 Å². The van der Waals surface area contributed by atoms with Gasteiger partial charge in [-0.15, -0.1) is 0 Å². The summed E-state index contributed by atoms with van der Waals surface area (Å²) in [7, 11) is 0. The molecule has 0 bridgehead atoms. The van der Waals surface area contributed by atoms with E-state index < -0.39 is 5.79 Å². The van der Waals surface area contributed by atoms with Crippen molar-refractivity contribution in [3.05, 3.63) is 35.9 Å². The number of ether oxygens (including phenoxy) is 2. The third kappa shape index (κ3) is 2.58. The first-order chi connectivity index (χ1) is 7.07. The van der Waals surface area contributed by atoms with Crippen LogP contribution >= 0.6 is 0 Å². The summed E-state index contributed by atoms with van der Waals surface area (Å²) in [5.74, 6) is -0.474. The minimum absolute atomic E-state index is 0.157. The molecular formula is C13H18O2. The predicted molar refractivity (Wildman–Crippen MR) is 59.5 cm³/mol. The topological polar surface area (TPSA) is 18.5 Å². The van der Waals surface area contributed by atoms with Crippen LogP contribution in [0.2, 0.25) is 0 Å². The second-order valence-corrected chi connectivity index (χ2v) is 4.58. The fraction of sp³-hybridized carbons (Fsp3) is 0.538. The highest BCUT2D eigenvalue weighted by atomic mass is 16.7. The van der Waals surface area contributed by atoms with E-state index in [1.54, 1.807) is 0 Å². The van der Waals surface area contributed by atoms with Gasteiger partial charge in [0.15, 0.2) is 5.79 Å². The molecule has 0 radical (unpaired) electrons. The Morgan fingerprint density at radius 1 is 1.13 bits per heavy atom. The van der Waals surface area contributed by atoms with E-state index >= 15 is 0 Å². The normalized spacial score (nSPS) is 30.1. The van der Waals surface area contributed by atoms with Crippen LogP contribution in [-0.2, 0) is 9.47 Å². The third-order valence-electron chi connectivity index (χ3n) is 2.63. The average molecular weight is 206 g/mol. The van der Waals surface area contributed by atoms with E-state index in [2.05, 4.69) is 19.1 Å². The first-order valence-corrected chi connectivity index (χ1v) is 5.47. The molecule has 1 aliphatic heterocycles. The molecule has 0 unspecified atom stereocenters. The molecule has 2 rings (SSSR count). The van der Waals surface area contributed by atoms with Gasteiger partial charge in [0.1, 0.15) is 0 Å². The third-order valence-corrected chi connectivity index (χ3v) is 2.63. The largest absolute Gasteiger partial charge is 0.347 e. The maximum atomic E-state index is 5.91. The van der Waals surface area contributed by atoms with E-state index in [0.717, 1.165) is 6.42 Å². The smallest absolute Gasteiger partial charge is 0.163 e. The number of hydrogen-bond acceptors (Lipinski definition) is 2. The Hall–Kier alpha value is -0.860. The van der Waals surface area contributed by atoms with Gasteiger partial charge in [0.05, 0.1) is 12.2 Å². The number of hydrogen-bond donors (Lipinski definition) is 0. The van der Waals surface area contributed by atoms with Crippen LogP contribution in [0.3, 0.4) is 0 Å². The lowest BCUT2D eigenvalue weighted by Crippen LogP contribution is -2.40. The highest BCUT2D eigenvalue weighted by Crippen LogP contribution is 2.35. The molecule has 0 amide bonds. The predicted octanol–water partition coefficient (Wildman–Crippen LogP) is 3.29. The fourth-order valence-corrected chi connectivity index (χ4v) is 2.12. The number of benzene rings is 1. The number of rotatable bonds is 1. The molecule has 2 nitrogen and oxygen atoms in total. The molecule has 1 aromatic carbocycles. The van der Waals surface area contributed by atoms with Gasteiger partial charge in [-0.2, -0.15) is 0 Å². The fourth-order valence-electron chi connectivity index (χ4n) is 2.12. The Morgan fingerprint density at radius 2 is 1.80 bits per heavy atom. The van der Waals surface area contributed by atoms with E-state index in [0.29, 0.717) is 0 Å². The summed E-state index contributed by atoms with van der Waals surface area (Å²) in [6.07, 6.45) is 1.33. The van der Waals surface area contributed by atoms with Crippen LogP contribution in [0.15, 0.2) is 30.3 Å². The molecule has 1 fully saturated rings. The molecule has 0 aliphatic carbocycles. The monoisotopic (exact) mass is 206 g/mol. The van der Waals surface area contributed by atoms with Crippen molar-refractivity contribution in [2.75, 3.05) is 0 Å². The van der Waals surface area contributed by atoms with Crippen molar-refractivity contribution in [3.63, 3.8) is 0 Å². The molecule has 15 heavy (non-hydrogen) atoms. The lowest BCUT2D eigenvalue weighted by molar-refractivity contribution is -0.298. The molecule has 1 heterocycles. The molecule has 0 saturated carbocycles. The first kappa shape index (κ1) is 10.7. The van der Waals surface area contributed by atoms with Crippen molar-refractivity contribution < 1.29 is 9.47 Å². The molecule has 1 saturated heterocycles. The van der Waals surface area contributed by atoms with Gasteiger partial charge in [-0.05, 0) is 26.3 Å².